The number of hydrogen-bond acceptors (Lipinski definition) is 5. The first kappa shape index (κ1) is 12.9. The summed E-state index contributed by atoms with van der Waals surface area (Å²) < 4.78 is 4.65. The minimum atomic E-state index is -0.458. The molecular formula is C12H10ClNO3S. The second kappa shape index (κ2) is 4.96. The van der Waals surface area contributed by atoms with Crippen LogP contribution in [0.1, 0.15) is 15.4 Å². The first-order chi connectivity index (χ1) is 8.52. The first-order valence-corrected chi connectivity index (χ1v) is 6.27. The molecule has 94 valence electrons. The summed E-state index contributed by atoms with van der Waals surface area (Å²) in [5, 5.41) is 10.3. The van der Waals surface area contributed by atoms with E-state index in [1.54, 1.807) is 19.1 Å². The molecule has 0 aliphatic carbocycles. The molecule has 0 fully saturated rings. The Morgan fingerprint density at radius 1 is 1.50 bits per heavy atom. The predicted octanol–water partition coefficient (Wildman–Crippen LogP) is 3.26. The lowest BCUT2D eigenvalue weighted by atomic mass is 10.2. The first-order valence-electron chi connectivity index (χ1n) is 5.07. The summed E-state index contributed by atoms with van der Waals surface area (Å²) in [5.74, 6) is -0.443. The molecule has 0 aliphatic rings. The molecule has 0 atom stereocenters. The maximum atomic E-state index is 11.5. The number of ether oxygens (including phenoxy) is 1. The second-order valence-corrected chi connectivity index (χ2v) is 5.19. The summed E-state index contributed by atoms with van der Waals surface area (Å²) in [4.78, 5) is 16.5. The fraction of sp³-hybridized carbons (Fsp3) is 0.167. The van der Waals surface area contributed by atoms with Crippen LogP contribution >= 0.6 is 22.9 Å². The van der Waals surface area contributed by atoms with Crippen LogP contribution in [-0.4, -0.2) is 23.2 Å². The Labute approximate surface area is 113 Å². The van der Waals surface area contributed by atoms with Gasteiger partial charge in [-0.15, -0.1) is 11.3 Å². The molecule has 0 saturated heterocycles. The molecule has 0 saturated carbocycles. The number of hydrogen-bond donors (Lipinski definition) is 1. The highest BCUT2D eigenvalue weighted by Gasteiger charge is 2.17. The summed E-state index contributed by atoms with van der Waals surface area (Å²) >= 11 is 7.21. The Balaban J connectivity index is 2.45. The number of thiazole rings is 1. The van der Waals surface area contributed by atoms with Crippen molar-refractivity contribution in [2.45, 2.75) is 6.92 Å². The summed E-state index contributed by atoms with van der Waals surface area (Å²) in [6.45, 7) is 1.80. The minimum absolute atomic E-state index is 0.0156. The average molecular weight is 284 g/mol. The van der Waals surface area contributed by atoms with Gasteiger partial charge in [0.1, 0.15) is 10.8 Å². The molecule has 4 nitrogen and oxygen atoms in total. The van der Waals surface area contributed by atoms with Crippen molar-refractivity contribution in [3.8, 4) is 16.3 Å². The molecule has 0 unspecified atom stereocenters. The Hall–Kier alpha value is -1.59. The van der Waals surface area contributed by atoms with Gasteiger partial charge in [-0.25, -0.2) is 9.78 Å². The topological polar surface area (TPSA) is 59.4 Å². The quantitative estimate of drug-likeness (QED) is 0.860. The van der Waals surface area contributed by atoms with E-state index in [2.05, 4.69) is 9.72 Å². The van der Waals surface area contributed by atoms with Crippen molar-refractivity contribution in [2.24, 2.45) is 0 Å². The van der Waals surface area contributed by atoms with Gasteiger partial charge in [0, 0.05) is 10.4 Å². The van der Waals surface area contributed by atoms with Crippen LogP contribution in [0.2, 0.25) is 5.02 Å². The summed E-state index contributed by atoms with van der Waals surface area (Å²) in [6.07, 6.45) is 0. The third-order valence-corrected chi connectivity index (χ3v) is 3.69. The minimum Gasteiger partial charge on any atom is -0.506 e. The van der Waals surface area contributed by atoms with Crippen LogP contribution < -0.4 is 0 Å². The van der Waals surface area contributed by atoms with Gasteiger partial charge in [-0.3, -0.25) is 0 Å². The van der Waals surface area contributed by atoms with Gasteiger partial charge in [0.2, 0.25) is 0 Å². The predicted molar refractivity (Wildman–Crippen MR) is 70.3 cm³/mol. The van der Waals surface area contributed by atoms with E-state index in [-0.39, 0.29) is 10.8 Å². The van der Waals surface area contributed by atoms with Gasteiger partial charge in [-0.05, 0) is 25.1 Å². The Kier molecular flexibility index (Phi) is 3.54. The fourth-order valence-electron chi connectivity index (χ4n) is 1.45. The third-order valence-electron chi connectivity index (χ3n) is 2.37. The molecule has 0 aliphatic heterocycles. The van der Waals surface area contributed by atoms with Crippen molar-refractivity contribution in [3.63, 3.8) is 0 Å². The highest BCUT2D eigenvalue weighted by atomic mass is 35.5. The number of methoxy groups -OCH3 is 1. The van der Waals surface area contributed by atoms with Gasteiger partial charge in [0.05, 0.1) is 12.1 Å². The second-order valence-electron chi connectivity index (χ2n) is 3.58. The molecule has 2 rings (SSSR count). The molecule has 6 heteroatoms. The normalized spacial score (nSPS) is 10.4. The lowest BCUT2D eigenvalue weighted by Gasteiger charge is -1.99. The molecule has 1 aromatic heterocycles. The van der Waals surface area contributed by atoms with Gasteiger partial charge in [0.25, 0.3) is 0 Å². The third kappa shape index (κ3) is 2.32. The number of aromatic hydroxyl groups is 1. The number of aromatic nitrogens is 1. The maximum absolute atomic E-state index is 11.5. The zero-order valence-corrected chi connectivity index (χ0v) is 11.3. The number of phenols is 1. The van der Waals surface area contributed by atoms with Gasteiger partial charge in [-0.2, -0.15) is 0 Å². The van der Waals surface area contributed by atoms with E-state index in [4.69, 9.17) is 11.6 Å². The van der Waals surface area contributed by atoms with Crippen molar-refractivity contribution in [1.29, 1.82) is 0 Å². The SMILES string of the molecule is COC(=O)c1nc(-c2ccc(O)c(Cl)c2)sc1C. The lowest BCUT2D eigenvalue weighted by Crippen LogP contribution is -2.03. The summed E-state index contributed by atoms with van der Waals surface area (Å²) in [7, 11) is 1.32. The zero-order valence-electron chi connectivity index (χ0n) is 9.73. The van der Waals surface area contributed by atoms with Crippen molar-refractivity contribution in [1.82, 2.24) is 4.98 Å². The van der Waals surface area contributed by atoms with E-state index in [0.717, 1.165) is 10.4 Å². The number of aryl methyl sites for hydroxylation is 1. The number of benzene rings is 1. The van der Waals surface area contributed by atoms with E-state index in [0.29, 0.717) is 10.7 Å². The highest BCUT2D eigenvalue weighted by Crippen LogP contribution is 2.32. The Morgan fingerprint density at radius 2 is 2.22 bits per heavy atom. The van der Waals surface area contributed by atoms with Crippen LogP contribution in [0.25, 0.3) is 10.6 Å². The van der Waals surface area contributed by atoms with Crippen LogP contribution in [-0.2, 0) is 4.74 Å². The van der Waals surface area contributed by atoms with Crippen molar-refractivity contribution in [3.05, 3.63) is 33.8 Å². The molecule has 0 radical (unpaired) electrons. The van der Waals surface area contributed by atoms with Gasteiger partial charge in [0.15, 0.2) is 5.69 Å². The molecule has 18 heavy (non-hydrogen) atoms. The zero-order chi connectivity index (χ0) is 13.3. The van der Waals surface area contributed by atoms with E-state index in [1.807, 2.05) is 0 Å². The van der Waals surface area contributed by atoms with Gasteiger partial charge in [-0.1, -0.05) is 11.6 Å². The van der Waals surface area contributed by atoms with E-state index >= 15 is 0 Å². The molecular weight excluding hydrogens is 274 g/mol. The lowest BCUT2D eigenvalue weighted by molar-refractivity contribution is 0.0594. The number of phenolic OH excluding ortho intramolecular Hbond substituents is 1. The Morgan fingerprint density at radius 3 is 2.83 bits per heavy atom. The van der Waals surface area contributed by atoms with E-state index < -0.39 is 5.97 Å². The van der Waals surface area contributed by atoms with Crippen molar-refractivity contribution >= 4 is 28.9 Å². The average Bonchev–Trinajstić information content (AvgIpc) is 2.74. The standard InChI is InChI=1S/C12H10ClNO3S/c1-6-10(12(16)17-2)14-11(18-6)7-3-4-9(15)8(13)5-7/h3-5,15H,1-2H3. The number of nitrogens with zero attached hydrogens (tertiary/aromatic N) is 1. The molecule has 0 spiro atoms. The summed E-state index contributed by atoms with van der Waals surface area (Å²) in [5.41, 5.74) is 1.06. The fourth-order valence-corrected chi connectivity index (χ4v) is 2.52. The molecule has 1 aromatic carbocycles. The monoisotopic (exact) mass is 283 g/mol. The van der Waals surface area contributed by atoms with Crippen LogP contribution in [0, 0.1) is 6.92 Å². The largest absolute Gasteiger partial charge is 0.506 e. The molecule has 1 N–H and O–H groups in total. The number of carbonyl (C=O) groups excluding carboxylic acids is 1. The number of rotatable bonds is 2. The van der Waals surface area contributed by atoms with Gasteiger partial charge >= 0.3 is 5.97 Å². The number of carbonyl (C=O) groups is 1. The molecule has 2 aromatic rings. The van der Waals surface area contributed by atoms with Crippen LogP contribution in [0.15, 0.2) is 18.2 Å². The molecule has 1 heterocycles. The van der Waals surface area contributed by atoms with Crippen LogP contribution in [0.3, 0.4) is 0 Å². The number of esters is 1. The number of halogens is 1. The van der Waals surface area contributed by atoms with Crippen molar-refractivity contribution < 1.29 is 14.6 Å². The van der Waals surface area contributed by atoms with E-state index in [9.17, 15) is 9.90 Å². The molecule has 0 amide bonds. The van der Waals surface area contributed by atoms with Crippen molar-refractivity contribution in [2.75, 3.05) is 7.11 Å². The van der Waals surface area contributed by atoms with Crippen LogP contribution in [0.5, 0.6) is 5.75 Å². The summed E-state index contributed by atoms with van der Waals surface area (Å²) in [6, 6.07) is 4.79. The smallest absolute Gasteiger partial charge is 0.357 e. The molecule has 0 bridgehead atoms. The van der Waals surface area contributed by atoms with Crippen LogP contribution in [0.4, 0.5) is 0 Å². The Bertz CT molecular complexity index is 609. The van der Waals surface area contributed by atoms with Gasteiger partial charge < -0.3 is 9.84 Å². The highest BCUT2D eigenvalue weighted by molar-refractivity contribution is 7.15. The maximum Gasteiger partial charge on any atom is 0.357 e. The van der Waals surface area contributed by atoms with E-state index in [1.165, 1.54) is 24.5 Å².